The lowest BCUT2D eigenvalue weighted by Crippen LogP contribution is -2.37. The molecule has 0 spiro atoms. The summed E-state index contributed by atoms with van der Waals surface area (Å²) in [5, 5.41) is 3.76. The van der Waals surface area contributed by atoms with Crippen molar-refractivity contribution in [3.63, 3.8) is 0 Å². The average Bonchev–Trinajstić information content (AvgIpc) is 2.89. The largest absolute Gasteiger partial charge is 0.573 e. The summed E-state index contributed by atoms with van der Waals surface area (Å²) in [6.45, 7) is 0. The van der Waals surface area contributed by atoms with Crippen molar-refractivity contribution in [1.29, 1.82) is 0 Å². The molecule has 0 bridgehead atoms. The molecule has 0 unspecified atom stereocenters. The smallest absolute Gasteiger partial charge is 0.406 e. The average molecular weight is 336 g/mol. The van der Waals surface area contributed by atoms with Crippen LogP contribution in [0, 0.1) is 0 Å². The van der Waals surface area contributed by atoms with Crippen molar-refractivity contribution < 1.29 is 17.9 Å². The summed E-state index contributed by atoms with van der Waals surface area (Å²) >= 11 is 6.42. The second-order valence-electron chi connectivity index (χ2n) is 4.68. The van der Waals surface area contributed by atoms with Crippen LogP contribution >= 0.6 is 24.2 Å². The first-order chi connectivity index (χ1) is 9.92. The molecule has 2 N–H and O–H groups in total. The van der Waals surface area contributed by atoms with E-state index in [4.69, 9.17) is 12.2 Å². The number of hydrogen-bond donors (Lipinski definition) is 2. The summed E-state index contributed by atoms with van der Waals surface area (Å²) in [4.78, 5) is 0.750. The molecule has 0 saturated heterocycles. The minimum atomic E-state index is -4.67. The molecule has 0 radical (unpaired) electrons. The van der Waals surface area contributed by atoms with Gasteiger partial charge in [-0.1, -0.05) is 12.8 Å². The van der Waals surface area contributed by atoms with E-state index >= 15 is 0 Å². The number of nitrogens with one attached hydrogen (secondary N) is 2. The predicted molar refractivity (Wildman–Crippen MR) is 80.1 cm³/mol. The number of ether oxygens (including phenoxy) is 1. The summed E-state index contributed by atoms with van der Waals surface area (Å²) in [7, 11) is 0. The molecule has 0 aliphatic heterocycles. The van der Waals surface area contributed by atoms with Crippen LogP contribution in [-0.2, 0) is 0 Å². The normalized spacial score (nSPS) is 15.8. The Morgan fingerprint density at radius 3 is 2.38 bits per heavy atom. The molecule has 1 aromatic carbocycles. The van der Waals surface area contributed by atoms with Crippen molar-refractivity contribution in [2.24, 2.45) is 0 Å². The molecule has 0 amide bonds. The molecule has 3 nitrogen and oxygen atoms in total. The fourth-order valence-corrected chi connectivity index (χ4v) is 2.93. The molecule has 1 saturated carbocycles. The Morgan fingerprint density at radius 2 is 1.81 bits per heavy atom. The van der Waals surface area contributed by atoms with E-state index in [9.17, 15) is 13.2 Å². The van der Waals surface area contributed by atoms with E-state index in [2.05, 4.69) is 14.8 Å². The van der Waals surface area contributed by atoms with Crippen molar-refractivity contribution in [1.82, 2.24) is 10.0 Å². The highest BCUT2D eigenvalue weighted by atomic mass is 32.2. The number of alkyl halides is 3. The molecule has 0 heterocycles. The quantitative estimate of drug-likeness (QED) is 0.642. The van der Waals surface area contributed by atoms with Crippen LogP contribution in [0.5, 0.6) is 5.75 Å². The third-order valence-corrected chi connectivity index (χ3v) is 4.17. The maximum atomic E-state index is 12.0. The molecule has 0 atom stereocenters. The van der Waals surface area contributed by atoms with Crippen molar-refractivity contribution in [3.05, 3.63) is 24.3 Å². The molecule has 2 rings (SSSR count). The molecule has 1 aliphatic rings. The first-order valence-corrected chi connectivity index (χ1v) is 7.74. The van der Waals surface area contributed by atoms with Gasteiger partial charge in [0, 0.05) is 10.9 Å². The van der Waals surface area contributed by atoms with Crippen molar-refractivity contribution >= 4 is 29.3 Å². The Bertz CT molecular complexity index is 473. The molecule has 0 aromatic heterocycles. The standard InChI is InChI=1S/C13H15F3N2OS2/c14-13(15,16)19-10-5-7-11(8-6-10)21-18-12(20)17-9-3-1-2-4-9/h5-9H,1-4H2,(H2,17,18,20). The van der Waals surface area contributed by atoms with Crippen LogP contribution in [-0.4, -0.2) is 17.5 Å². The van der Waals surface area contributed by atoms with Gasteiger partial charge < -0.3 is 14.8 Å². The number of thiocarbonyl (C=S) groups is 1. The predicted octanol–water partition coefficient (Wildman–Crippen LogP) is 4.00. The molecule has 1 aliphatic carbocycles. The highest BCUT2D eigenvalue weighted by Crippen LogP contribution is 2.25. The van der Waals surface area contributed by atoms with Gasteiger partial charge in [-0.2, -0.15) is 0 Å². The minimum absolute atomic E-state index is 0.237. The second-order valence-corrected chi connectivity index (χ2v) is 5.97. The topological polar surface area (TPSA) is 33.3 Å². The lowest BCUT2D eigenvalue weighted by molar-refractivity contribution is -0.274. The van der Waals surface area contributed by atoms with Gasteiger partial charge in [-0.3, -0.25) is 0 Å². The van der Waals surface area contributed by atoms with Crippen LogP contribution in [0.25, 0.3) is 0 Å². The number of halogens is 3. The van der Waals surface area contributed by atoms with Crippen LogP contribution < -0.4 is 14.8 Å². The Morgan fingerprint density at radius 1 is 1.19 bits per heavy atom. The summed E-state index contributed by atoms with van der Waals surface area (Å²) in [6, 6.07) is 6.04. The third-order valence-electron chi connectivity index (χ3n) is 3.01. The van der Waals surface area contributed by atoms with Gasteiger partial charge in [0.1, 0.15) is 5.75 Å². The summed E-state index contributed by atoms with van der Waals surface area (Å²) < 4.78 is 42.8. The van der Waals surface area contributed by atoms with E-state index in [1.807, 2.05) is 0 Å². The van der Waals surface area contributed by atoms with Crippen molar-refractivity contribution in [3.8, 4) is 5.75 Å². The van der Waals surface area contributed by atoms with Gasteiger partial charge in [0.2, 0.25) is 0 Å². The second kappa shape index (κ2) is 7.22. The van der Waals surface area contributed by atoms with E-state index in [0.717, 1.165) is 17.7 Å². The van der Waals surface area contributed by atoms with E-state index in [1.54, 1.807) is 0 Å². The van der Waals surface area contributed by atoms with Gasteiger partial charge in [0.15, 0.2) is 5.11 Å². The maximum Gasteiger partial charge on any atom is 0.573 e. The molecular formula is C13H15F3N2OS2. The van der Waals surface area contributed by atoms with E-state index in [1.165, 1.54) is 49.1 Å². The van der Waals surface area contributed by atoms with Gasteiger partial charge in [-0.25, -0.2) is 0 Å². The van der Waals surface area contributed by atoms with Crippen LogP contribution in [0.3, 0.4) is 0 Å². The number of hydrogen-bond acceptors (Lipinski definition) is 3. The highest BCUT2D eigenvalue weighted by Gasteiger charge is 2.30. The Hall–Kier alpha value is -1.15. The monoisotopic (exact) mass is 336 g/mol. The molecule has 8 heteroatoms. The molecule has 21 heavy (non-hydrogen) atoms. The van der Waals surface area contributed by atoms with Gasteiger partial charge >= 0.3 is 6.36 Å². The Balaban J connectivity index is 1.76. The third kappa shape index (κ3) is 6.01. The van der Waals surface area contributed by atoms with E-state index in [0.29, 0.717) is 11.2 Å². The highest BCUT2D eigenvalue weighted by molar-refractivity contribution is 7.99. The minimum Gasteiger partial charge on any atom is -0.406 e. The van der Waals surface area contributed by atoms with E-state index in [-0.39, 0.29) is 5.75 Å². The summed E-state index contributed by atoms with van der Waals surface area (Å²) in [6.07, 6.45) is 0.00773. The van der Waals surface area contributed by atoms with Crippen LogP contribution in [0.2, 0.25) is 0 Å². The van der Waals surface area contributed by atoms with Crippen LogP contribution in [0.15, 0.2) is 29.2 Å². The Labute approximate surface area is 130 Å². The zero-order valence-electron chi connectivity index (χ0n) is 11.1. The first-order valence-electron chi connectivity index (χ1n) is 6.51. The zero-order valence-corrected chi connectivity index (χ0v) is 12.7. The first kappa shape index (κ1) is 16.2. The summed E-state index contributed by atoms with van der Waals surface area (Å²) in [5.41, 5.74) is 0. The lowest BCUT2D eigenvalue weighted by Gasteiger charge is -2.15. The zero-order chi connectivity index (χ0) is 15.3. The van der Waals surface area contributed by atoms with Crippen molar-refractivity contribution in [2.45, 2.75) is 43.0 Å². The number of benzene rings is 1. The SMILES string of the molecule is FC(F)(F)Oc1ccc(SNC(=S)NC2CCCC2)cc1. The van der Waals surface area contributed by atoms with E-state index < -0.39 is 6.36 Å². The maximum absolute atomic E-state index is 12.0. The van der Waals surface area contributed by atoms with Gasteiger partial charge in [-0.05, 0) is 61.3 Å². The van der Waals surface area contributed by atoms with Crippen LogP contribution in [0.4, 0.5) is 13.2 Å². The summed E-state index contributed by atoms with van der Waals surface area (Å²) in [5.74, 6) is -0.237. The molecule has 1 fully saturated rings. The lowest BCUT2D eigenvalue weighted by atomic mass is 10.3. The van der Waals surface area contributed by atoms with Gasteiger partial charge in [0.05, 0.1) is 0 Å². The van der Waals surface area contributed by atoms with Crippen LogP contribution in [0.1, 0.15) is 25.7 Å². The van der Waals surface area contributed by atoms with Gasteiger partial charge in [-0.15, -0.1) is 13.2 Å². The molecule has 1 aromatic rings. The molecular weight excluding hydrogens is 321 g/mol. The Kier molecular flexibility index (Phi) is 5.58. The number of rotatable bonds is 4. The fourth-order valence-electron chi connectivity index (χ4n) is 2.10. The van der Waals surface area contributed by atoms with Crippen molar-refractivity contribution in [2.75, 3.05) is 0 Å². The molecule has 116 valence electrons. The van der Waals surface area contributed by atoms with Gasteiger partial charge in [0.25, 0.3) is 0 Å². The fraction of sp³-hybridized carbons (Fsp3) is 0.462.